The molecular weight excluding hydrogens is 464 g/mol. The predicted octanol–water partition coefficient (Wildman–Crippen LogP) is 3.56. The first kappa shape index (κ1) is 24.7. The van der Waals surface area contributed by atoms with Crippen LogP contribution in [0.15, 0.2) is 61.2 Å². The summed E-state index contributed by atoms with van der Waals surface area (Å²) in [6.07, 6.45) is 1.57. The zero-order valence-electron chi connectivity index (χ0n) is 20.6. The van der Waals surface area contributed by atoms with Crippen molar-refractivity contribution in [3.63, 3.8) is 0 Å². The van der Waals surface area contributed by atoms with Crippen molar-refractivity contribution in [3.05, 3.63) is 72.3 Å². The summed E-state index contributed by atoms with van der Waals surface area (Å²) in [4.78, 5) is 29.1. The Hall–Kier alpha value is -3.43. The first-order valence-corrected chi connectivity index (χ1v) is 12.7. The largest absolute Gasteiger partial charge is 0.349 e. The molecule has 0 radical (unpaired) electrons. The summed E-state index contributed by atoms with van der Waals surface area (Å²) in [6, 6.07) is 12.8. The molecule has 0 bridgehead atoms. The Morgan fingerprint density at radius 2 is 1.69 bits per heavy atom. The van der Waals surface area contributed by atoms with Gasteiger partial charge in [0.25, 0.3) is 5.91 Å². The van der Waals surface area contributed by atoms with Crippen molar-refractivity contribution >= 4 is 32.9 Å². The van der Waals surface area contributed by atoms with Crippen LogP contribution in [-0.4, -0.2) is 59.6 Å². The average Bonchev–Trinajstić information content (AvgIpc) is 3.07. The number of carbonyl (C=O) groups excluding carboxylic acids is 2. The van der Waals surface area contributed by atoms with Crippen molar-refractivity contribution in [1.29, 1.82) is 0 Å². The summed E-state index contributed by atoms with van der Waals surface area (Å²) in [5.74, 6) is -0.768. The molecular formula is C26H30N4O4S. The molecule has 1 atom stereocenters. The van der Waals surface area contributed by atoms with Crippen molar-refractivity contribution in [3.8, 4) is 11.3 Å². The van der Waals surface area contributed by atoms with Crippen molar-refractivity contribution < 1.29 is 18.0 Å². The van der Waals surface area contributed by atoms with Crippen LogP contribution in [0.5, 0.6) is 0 Å². The Morgan fingerprint density at radius 1 is 1.09 bits per heavy atom. The molecule has 0 aliphatic carbocycles. The Labute approximate surface area is 206 Å². The van der Waals surface area contributed by atoms with Crippen molar-refractivity contribution in [2.75, 3.05) is 20.6 Å². The van der Waals surface area contributed by atoms with E-state index < -0.39 is 27.7 Å². The van der Waals surface area contributed by atoms with E-state index in [0.29, 0.717) is 33.3 Å². The third-order valence-corrected chi connectivity index (χ3v) is 7.66. The second kappa shape index (κ2) is 8.66. The van der Waals surface area contributed by atoms with E-state index in [2.05, 4.69) is 11.9 Å². The van der Waals surface area contributed by atoms with Gasteiger partial charge in [-0.15, -0.1) is 6.58 Å². The number of fused-ring (bicyclic) bond motifs is 5. The highest BCUT2D eigenvalue weighted by atomic mass is 32.2. The minimum absolute atomic E-state index is 0.106. The molecule has 8 nitrogen and oxygen atoms in total. The normalized spacial score (nSPS) is 16.1. The summed E-state index contributed by atoms with van der Waals surface area (Å²) in [7, 11) is -1.11. The maximum Gasteiger partial charge on any atom is 0.308 e. The monoisotopic (exact) mass is 494 g/mol. The zero-order chi connectivity index (χ0) is 25.7. The summed E-state index contributed by atoms with van der Waals surface area (Å²) in [5.41, 5.74) is 1.40. The Kier molecular flexibility index (Phi) is 6.11. The molecule has 184 valence electrons. The number of aromatic nitrogens is 1. The van der Waals surface area contributed by atoms with Crippen molar-refractivity contribution in [2.45, 2.75) is 32.4 Å². The molecule has 0 fully saturated rings. The summed E-state index contributed by atoms with van der Waals surface area (Å²) in [6.45, 7) is 9.48. The van der Waals surface area contributed by atoms with E-state index in [0.717, 1.165) is 4.31 Å². The number of para-hydroxylation sites is 1. The molecule has 1 aliphatic rings. The van der Waals surface area contributed by atoms with Gasteiger partial charge in [-0.3, -0.25) is 9.59 Å². The van der Waals surface area contributed by atoms with Crippen molar-refractivity contribution in [1.82, 2.24) is 18.5 Å². The van der Waals surface area contributed by atoms with Gasteiger partial charge in [0, 0.05) is 48.3 Å². The molecule has 2 aromatic carbocycles. The predicted molar refractivity (Wildman–Crippen MR) is 137 cm³/mol. The molecule has 0 saturated heterocycles. The molecule has 1 aromatic heterocycles. The molecule has 0 spiro atoms. The fourth-order valence-electron chi connectivity index (χ4n) is 4.51. The van der Waals surface area contributed by atoms with Crippen LogP contribution >= 0.6 is 0 Å². The van der Waals surface area contributed by atoms with E-state index in [1.807, 2.05) is 20.8 Å². The van der Waals surface area contributed by atoms with Crippen LogP contribution in [0.1, 0.15) is 42.7 Å². The summed E-state index contributed by atoms with van der Waals surface area (Å²) in [5, 5.41) is 3.58. The van der Waals surface area contributed by atoms with Crippen LogP contribution in [0.2, 0.25) is 0 Å². The first-order chi connectivity index (χ1) is 16.4. The van der Waals surface area contributed by atoms with E-state index in [9.17, 15) is 18.0 Å². The van der Waals surface area contributed by atoms with Gasteiger partial charge >= 0.3 is 10.2 Å². The number of nitrogens with one attached hydrogen (secondary N) is 1. The fraction of sp³-hybridized carbons (Fsp3) is 0.308. The molecule has 1 N–H and O–H groups in total. The fourth-order valence-corrected chi connectivity index (χ4v) is 5.67. The van der Waals surface area contributed by atoms with Crippen molar-refractivity contribution in [2.24, 2.45) is 0 Å². The molecule has 1 unspecified atom stereocenters. The number of hydrogen-bond donors (Lipinski definition) is 1. The third-order valence-electron chi connectivity index (χ3n) is 5.89. The molecule has 4 rings (SSSR count). The van der Waals surface area contributed by atoms with Gasteiger partial charge in [-0.1, -0.05) is 42.5 Å². The molecule has 2 heterocycles. The van der Waals surface area contributed by atoms with Crippen LogP contribution in [-0.2, 0) is 15.0 Å². The lowest BCUT2D eigenvalue weighted by Crippen LogP contribution is -2.49. The molecule has 35 heavy (non-hydrogen) atoms. The number of rotatable bonds is 5. The lowest BCUT2D eigenvalue weighted by Gasteiger charge is -2.32. The van der Waals surface area contributed by atoms with E-state index >= 15 is 0 Å². The Morgan fingerprint density at radius 3 is 2.29 bits per heavy atom. The van der Waals surface area contributed by atoms with Gasteiger partial charge in [0.05, 0.1) is 11.2 Å². The van der Waals surface area contributed by atoms with Gasteiger partial charge in [0.15, 0.2) is 0 Å². The third kappa shape index (κ3) is 4.04. The highest BCUT2D eigenvalue weighted by molar-refractivity contribution is 7.87. The van der Waals surface area contributed by atoms with Crippen LogP contribution in [0, 0.1) is 0 Å². The zero-order valence-corrected chi connectivity index (χ0v) is 21.4. The van der Waals surface area contributed by atoms with Crippen LogP contribution in [0.3, 0.4) is 0 Å². The summed E-state index contributed by atoms with van der Waals surface area (Å²) >= 11 is 0. The lowest BCUT2D eigenvalue weighted by atomic mass is 9.97. The molecule has 1 aliphatic heterocycles. The quantitative estimate of drug-likeness (QED) is 0.549. The van der Waals surface area contributed by atoms with E-state index in [1.54, 1.807) is 54.6 Å². The summed E-state index contributed by atoms with van der Waals surface area (Å²) < 4.78 is 29.7. The van der Waals surface area contributed by atoms with Gasteiger partial charge in [-0.2, -0.15) is 12.7 Å². The number of hydrogen-bond acceptors (Lipinski definition) is 4. The molecule has 2 amide bonds. The number of amides is 2. The minimum atomic E-state index is -4.02. The van der Waals surface area contributed by atoms with Gasteiger partial charge in [-0.05, 0) is 32.9 Å². The molecule has 9 heteroatoms. The molecule has 3 aromatic rings. The standard InChI is InChI=1S/C26H30N4O4S/c1-7-16-29-23(24(31)27-26(2,3)4)21-19-14-10-11-15-20(19)30(35(33,34)28(5)6)22(21)17-12-8-9-13-18(17)25(29)32/h7-15,23H,1,16H2,2-6H3,(H,27,31). The Bertz CT molecular complexity index is 1450. The number of benzene rings is 2. The first-order valence-electron chi connectivity index (χ1n) is 11.3. The second-order valence-corrected chi connectivity index (χ2v) is 11.8. The SMILES string of the molecule is C=CCN1C(=O)c2ccccc2-c2c(c3ccccc3n2S(=O)(=O)N(C)C)C1C(=O)NC(C)(C)C. The number of carbonyl (C=O) groups is 2. The highest BCUT2D eigenvalue weighted by Crippen LogP contribution is 2.45. The number of nitrogens with zero attached hydrogens (tertiary/aromatic N) is 3. The minimum Gasteiger partial charge on any atom is -0.349 e. The van der Waals surface area contributed by atoms with E-state index in [1.165, 1.54) is 23.0 Å². The highest BCUT2D eigenvalue weighted by Gasteiger charge is 2.43. The van der Waals surface area contributed by atoms with Crippen LogP contribution < -0.4 is 5.32 Å². The van der Waals surface area contributed by atoms with E-state index in [4.69, 9.17) is 0 Å². The molecule has 0 saturated carbocycles. The maximum absolute atomic E-state index is 13.8. The average molecular weight is 495 g/mol. The van der Waals surface area contributed by atoms with Crippen LogP contribution in [0.25, 0.3) is 22.2 Å². The van der Waals surface area contributed by atoms with Gasteiger partial charge in [-0.25, -0.2) is 3.97 Å². The maximum atomic E-state index is 13.8. The second-order valence-electron chi connectivity index (χ2n) is 9.77. The van der Waals surface area contributed by atoms with Gasteiger partial charge in [0.1, 0.15) is 6.04 Å². The van der Waals surface area contributed by atoms with Gasteiger partial charge in [0.2, 0.25) is 5.91 Å². The Balaban J connectivity index is 2.23. The lowest BCUT2D eigenvalue weighted by molar-refractivity contribution is -0.127. The van der Waals surface area contributed by atoms with Crippen LogP contribution in [0.4, 0.5) is 0 Å². The van der Waals surface area contributed by atoms with E-state index in [-0.39, 0.29) is 12.5 Å². The van der Waals surface area contributed by atoms with Gasteiger partial charge < -0.3 is 10.2 Å². The topological polar surface area (TPSA) is 91.7 Å². The smallest absolute Gasteiger partial charge is 0.308 e.